The Hall–Kier alpha value is -0.570. The van der Waals surface area contributed by atoms with Crippen molar-refractivity contribution in [2.75, 3.05) is 6.54 Å². The van der Waals surface area contributed by atoms with Crippen LogP contribution in [0.2, 0.25) is 0 Å². The minimum absolute atomic E-state index is 0.135. The average Bonchev–Trinajstić information content (AvgIpc) is 1.76. The lowest BCUT2D eigenvalue weighted by Crippen LogP contribution is -2.66. The molecule has 0 aromatic carbocycles. The summed E-state index contributed by atoms with van der Waals surface area (Å²) in [6, 6.07) is 0.495. The van der Waals surface area contributed by atoms with E-state index in [1.165, 1.54) is 6.42 Å². The molecule has 2 heterocycles. The molecule has 1 N–H and O–H groups in total. The van der Waals surface area contributed by atoms with Crippen molar-refractivity contribution in [1.82, 2.24) is 4.90 Å². The monoisotopic (exact) mass is 127 g/mol. The number of carboxylic acids is 1. The van der Waals surface area contributed by atoms with E-state index in [9.17, 15) is 4.79 Å². The number of piperidine rings is 1. The van der Waals surface area contributed by atoms with Gasteiger partial charge in [0.2, 0.25) is 0 Å². The Morgan fingerprint density at radius 2 is 2.44 bits per heavy atom. The molecule has 2 rings (SSSR count). The maximum absolute atomic E-state index is 10.3. The van der Waals surface area contributed by atoms with E-state index in [1.54, 1.807) is 0 Å². The highest BCUT2D eigenvalue weighted by molar-refractivity contribution is 5.75. The number of rotatable bonds is 1. The number of carboxylic acid groups (broad SMARTS) is 1. The van der Waals surface area contributed by atoms with Gasteiger partial charge in [0.05, 0.1) is 0 Å². The van der Waals surface area contributed by atoms with Gasteiger partial charge in [-0.2, -0.15) is 0 Å². The molecule has 2 unspecified atom stereocenters. The fourth-order valence-corrected chi connectivity index (χ4v) is 1.62. The van der Waals surface area contributed by atoms with Gasteiger partial charge in [0.15, 0.2) is 0 Å². The van der Waals surface area contributed by atoms with Crippen molar-refractivity contribution in [3.05, 3.63) is 0 Å². The number of nitrogens with zero attached hydrogens (tertiary/aromatic N) is 1. The van der Waals surface area contributed by atoms with Crippen LogP contribution in [-0.2, 0) is 4.79 Å². The van der Waals surface area contributed by atoms with Gasteiger partial charge in [-0.25, -0.2) is 0 Å². The molecule has 2 fully saturated rings. The van der Waals surface area contributed by atoms with Crippen LogP contribution in [0.15, 0.2) is 0 Å². The van der Waals surface area contributed by atoms with Crippen LogP contribution in [0.3, 0.4) is 0 Å². The summed E-state index contributed by atoms with van der Waals surface area (Å²) in [4.78, 5) is 12.4. The van der Waals surface area contributed by atoms with E-state index >= 15 is 0 Å². The summed E-state index contributed by atoms with van der Waals surface area (Å²) in [6.45, 7) is 1.00. The van der Waals surface area contributed by atoms with Gasteiger partial charge in [-0.1, -0.05) is 0 Å². The van der Waals surface area contributed by atoms with Crippen molar-refractivity contribution in [2.45, 2.75) is 24.9 Å². The molecule has 0 aliphatic carbocycles. The van der Waals surface area contributed by atoms with E-state index < -0.39 is 5.97 Å². The van der Waals surface area contributed by atoms with Crippen LogP contribution in [0.5, 0.6) is 0 Å². The Labute approximate surface area is 53.3 Å². The zero-order valence-corrected chi connectivity index (χ0v) is 5.08. The lowest BCUT2D eigenvalue weighted by molar-refractivity contribution is -0.160. The first kappa shape index (κ1) is 5.23. The first-order chi connectivity index (χ1) is 4.29. The van der Waals surface area contributed by atoms with Gasteiger partial charge in [-0.15, -0.1) is 0 Å². The number of hydrogen-bond acceptors (Lipinski definition) is 2. The number of fused-ring (bicyclic) bond motifs is 1. The second-order valence-electron chi connectivity index (χ2n) is 2.77. The highest BCUT2D eigenvalue weighted by Crippen LogP contribution is 2.35. The lowest BCUT2D eigenvalue weighted by atomic mass is 9.83. The van der Waals surface area contributed by atoms with E-state index in [2.05, 4.69) is 0 Å². The first-order valence-electron chi connectivity index (χ1n) is 3.27. The van der Waals surface area contributed by atoms with Gasteiger partial charge in [-0.3, -0.25) is 9.69 Å². The fraction of sp³-hybridized carbons (Fsp3) is 0.833. The predicted molar refractivity (Wildman–Crippen MR) is 31.2 cm³/mol. The van der Waals surface area contributed by atoms with Crippen LogP contribution >= 0.6 is 0 Å². The second-order valence-corrected chi connectivity index (χ2v) is 2.77. The molecular weight excluding hydrogens is 118 g/mol. The standard InChI is InChI=1S/C6H9NO2/c8-6(9)5-3-4-1-2-7(4)5/h4-5H,1-3H2,(H,8,9). The normalized spacial score (nSPS) is 40.4. The number of carbonyl (C=O) groups is 1. The Morgan fingerprint density at radius 1 is 1.67 bits per heavy atom. The maximum atomic E-state index is 10.3. The zero-order chi connectivity index (χ0) is 6.43. The Bertz CT molecular complexity index is 157. The number of hydrogen-bond donors (Lipinski definition) is 1. The molecule has 2 saturated heterocycles. The van der Waals surface area contributed by atoms with Crippen molar-refractivity contribution in [3.8, 4) is 0 Å². The summed E-state index contributed by atoms with van der Waals surface area (Å²) in [5.41, 5.74) is 0. The van der Waals surface area contributed by atoms with Gasteiger partial charge in [0.1, 0.15) is 6.04 Å². The van der Waals surface area contributed by atoms with E-state index in [0.29, 0.717) is 6.04 Å². The summed E-state index contributed by atoms with van der Waals surface area (Å²) in [6.07, 6.45) is 2.10. The molecule has 0 bridgehead atoms. The molecule has 2 atom stereocenters. The molecule has 3 nitrogen and oxygen atoms in total. The second kappa shape index (κ2) is 1.48. The topological polar surface area (TPSA) is 40.5 Å². The molecule has 0 aromatic rings. The molecule has 3 heteroatoms. The summed E-state index contributed by atoms with van der Waals surface area (Å²) in [5.74, 6) is -0.647. The van der Waals surface area contributed by atoms with Crippen LogP contribution < -0.4 is 0 Å². The van der Waals surface area contributed by atoms with E-state index in [4.69, 9.17) is 5.11 Å². The van der Waals surface area contributed by atoms with Crippen LogP contribution in [0.4, 0.5) is 0 Å². The van der Waals surface area contributed by atoms with Gasteiger partial charge in [0, 0.05) is 12.6 Å². The lowest BCUT2D eigenvalue weighted by Gasteiger charge is -2.54. The molecule has 0 amide bonds. The molecular formula is C6H9NO2. The van der Waals surface area contributed by atoms with E-state index in [1.807, 2.05) is 4.90 Å². The van der Waals surface area contributed by atoms with Crippen molar-refractivity contribution in [3.63, 3.8) is 0 Å². The van der Waals surface area contributed by atoms with Crippen molar-refractivity contribution in [1.29, 1.82) is 0 Å². The Morgan fingerprint density at radius 3 is 2.56 bits per heavy atom. The summed E-state index contributed by atoms with van der Waals surface area (Å²) in [7, 11) is 0. The molecule has 9 heavy (non-hydrogen) atoms. The highest BCUT2D eigenvalue weighted by Gasteiger charge is 2.48. The van der Waals surface area contributed by atoms with Gasteiger partial charge in [-0.05, 0) is 12.8 Å². The molecule has 0 spiro atoms. The quantitative estimate of drug-likeness (QED) is 0.535. The molecule has 0 radical (unpaired) electrons. The van der Waals surface area contributed by atoms with Crippen molar-refractivity contribution < 1.29 is 9.90 Å². The predicted octanol–water partition coefficient (Wildman–Crippen LogP) is -0.0824. The third-order valence-corrected chi connectivity index (χ3v) is 2.37. The largest absolute Gasteiger partial charge is 0.480 e. The molecule has 0 aromatic heterocycles. The van der Waals surface area contributed by atoms with Crippen LogP contribution in [-0.4, -0.2) is 34.6 Å². The SMILES string of the molecule is O=C(O)C1CC2CCN21. The fourth-order valence-electron chi connectivity index (χ4n) is 1.62. The van der Waals surface area contributed by atoms with Crippen molar-refractivity contribution >= 4 is 5.97 Å². The van der Waals surface area contributed by atoms with Gasteiger partial charge < -0.3 is 5.11 Å². The third kappa shape index (κ3) is 0.525. The Balaban J connectivity index is 1.97. The summed E-state index contributed by atoms with van der Waals surface area (Å²) >= 11 is 0. The van der Waals surface area contributed by atoms with Gasteiger partial charge in [0.25, 0.3) is 0 Å². The average molecular weight is 127 g/mol. The van der Waals surface area contributed by atoms with Crippen LogP contribution in [0, 0.1) is 0 Å². The molecule has 50 valence electrons. The van der Waals surface area contributed by atoms with Crippen LogP contribution in [0.25, 0.3) is 0 Å². The number of aliphatic carboxylic acids is 1. The van der Waals surface area contributed by atoms with Crippen LogP contribution in [0.1, 0.15) is 12.8 Å². The Kier molecular flexibility index (Phi) is 0.858. The maximum Gasteiger partial charge on any atom is 0.320 e. The third-order valence-electron chi connectivity index (χ3n) is 2.37. The molecule has 2 aliphatic heterocycles. The molecule has 0 saturated carbocycles. The first-order valence-corrected chi connectivity index (χ1v) is 3.27. The molecule has 2 aliphatic rings. The highest BCUT2D eigenvalue weighted by atomic mass is 16.4. The minimum Gasteiger partial charge on any atom is -0.480 e. The smallest absolute Gasteiger partial charge is 0.320 e. The van der Waals surface area contributed by atoms with Gasteiger partial charge >= 0.3 is 5.97 Å². The minimum atomic E-state index is -0.647. The summed E-state index contributed by atoms with van der Waals surface area (Å²) in [5, 5.41) is 8.51. The zero-order valence-electron chi connectivity index (χ0n) is 5.08. The van der Waals surface area contributed by atoms with Crippen molar-refractivity contribution in [2.24, 2.45) is 0 Å². The van der Waals surface area contributed by atoms with E-state index in [0.717, 1.165) is 13.0 Å². The van der Waals surface area contributed by atoms with E-state index in [-0.39, 0.29) is 6.04 Å². The summed E-state index contributed by atoms with van der Waals surface area (Å²) < 4.78 is 0.